The lowest BCUT2D eigenvalue weighted by Gasteiger charge is -2.34. The zero-order chi connectivity index (χ0) is 21.3. The highest BCUT2D eigenvalue weighted by Crippen LogP contribution is 2.29. The van der Waals surface area contributed by atoms with Crippen LogP contribution in [0, 0.1) is 11.8 Å². The van der Waals surface area contributed by atoms with E-state index in [4.69, 9.17) is 4.74 Å². The van der Waals surface area contributed by atoms with E-state index in [1.165, 1.54) is 11.1 Å². The highest BCUT2D eigenvalue weighted by atomic mass is 79.9. The Morgan fingerprint density at radius 3 is 2.00 bits per heavy atom. The van der Waals surface area contributed by atoms with Crippen LogP contribution in [0.2, 0.25) is 0 Å². The molecule has 1 fully saturated rings. The SMILES string of the molecule is Brc1ccc(C#CCCN2CCC(OC(c3ccccc3)c3ccccc3)CC2)cc1. The van der Waals surface area contributed by atoms with Gasteiger partial charge >= 0.3 is 0 Å². The summed E-state index contributed by atoms with van der Waals surface area (Å²) < 4.78 is 7.73. The minimum atomic E-state index is -0.00396. The third-order valence-corrected chi connectivity index (χ3v) is 6.23. The molecule has 1 aliphatic heterocycles. The Kier molecular flexibility index (Phi) is 7.96. The molecule has 0 radical (unpaired) electrons. The van der Waals surface area contributed by atoms with E-state index in [1.807, 2.05) is 12.1 Å². The predicted molar refractivity (Wildman–Crippen MR) is 131 cm³/mol. The molecule has 0 aliphatic carbocycles. The average molecular weight is 474 g/mol. The first-order chi connectivity index (χ1) is 15.3. The molecule has 3 aromatic carbocycles. The monoisotopic (exact) mass is 473 g/mol. The fourth-order valence-corrected chi connectivity index (χ4v) is 4.24. The van der Waals surface area contributed by atoms with Gasteiger partial charge in [0.2, 0.25) is 0 Å². The van der Waals surface area contributed by atoms with Gasteiger partial charge in [0.15, 0.2) is 0 Å². The van der Waals surface area contributed by atoms with Crippen LogP contribution in [0.3, 0.4) is 0 Å². The van der Waals surface area contributed by atoms with E-state index in [2.05, 4.69) is 105 Å². The highest BCUT2D eigenvalue weighted by molar-refractivity contribution is 9.10. The Labute approximate surface area is 194 Å². The lowest BCUT2D eigenvalue weighted by atomic mass is 10.00. The van der Waals surface area contributed by atoms with Crippen LogP contribution in [-0.2, 0) is 4.74 Å². The zero-order valence-electron chi connectivity index (χ0n) is 17.7. The molecule has 2 nitrogen and oxygen atoms in total. The summed E-state index contributed by atoms with van der Waals surface area (Å²) in [6.45, 7) is 3.17. The van der Waals surface area contributed by atoms with Crippen molar-refractivity contribution in [3.05, 3.63) is 106 Å². The highest BCUT2D eigenvalue weighted by Gasteiger charge is 2.24. The van der Waals surface area contributed by atoms with E-state index in [9.17, 15) is 0 Å². The second kappa shape index (κ2) is 11.3. The number of likely N-dealkylation sites (tertiary alicyclic amines) is 1. The fraction of sp³-hybridized carbons (Fsp3) is 0.286. The molecule has 3 heteroatoms. The molecule has 0 bridgehead atoms. The van der Waals surface area contributed by atoms with Gasteiger partial charge in [-0.25, -0.2) is 0 Å². The topological polar surface area (TPSA) is 12.5 Å². The molecule has 0 unspecified atom stereocenters. The summed E-state index contributed by atoms with van der Waals surface area (Å²) in [7, 11) is 0. The van der Waals surface area contributed by atoms with Gasteiger partial charge in [-0.1, -0.05) is 88.4 Å². The van der Waals surface area contributed by atoms with Crippen molar-refractivity contribution in [2.75, 3.05) is 19.6 Å². The van der Waals surface area contributed by atoms with E-state index in [0.717, 1.165) is 48.9 Å². The van der Waals surface area contributed by atoms with Crippen molar-refractivity contribution in [1.82, 2.24) is 4.90 Å². The molecular formula is C28H28BrNO. The maximum atomic E-state index is 6.65. The van der Waals surface area contributed by atoms with E-state index in [-0.39, 0.29) is 12.2 Å². The molecule has 0 aromatic heterocycles. The molecule has 4 rings (SSSR count). The number of nitrogens with zero attached hydrogens (tertiary/aromatic N) is 1. The Morgan fingerprint density at radius 1 is 0.839 bits per heavy atom. The smallest absolute Gasteiger partial charge is 0.108 e. The van der Waals surface area contributed by atoms with Gasteiger partial charge in [-0.15, -0.1) is 0 Å². The largest absolute Gasteiger partial charge is 0.365 e. The number of benzene rings is 3. The molecule has 0 saturated carbocycles. The van der Waals surface area contributed by atoms with E-state index in [0.29, 0.717) is 0 Å². The number of hydrogen-bond acceptors (Lipinski definition) is 2. The first-order valence-corrected chi connectivity index (χ1v) is 11.8. The maximum absolute atomic E-state index is 6.65. The van der Waals surface area contributed by atoms with Crippen molar-refractivity contribution in [1.29, 1.82) is 0 Å². The van der Waals surface area contributed by atoms with Gasteiger partial charge in [-0.05, 0) is 48.2 Å². The standard InChI is InChI=1S/C28H28BrNO/c29-26-16-14-23(15-17-26)9-7-8-20-30-21-18-27(19-22-30)31-28(24-10-3-1-4-11-24)25-12-5-2-6-13-25/h1-6,10-17,27-28H,8,18-22H2. The van der Waals surface area contributed by atoms with Crippen LogP contribution in [-0.4, -0.2) is 30.6 Å². The summed E-state index contributed by atoms with van der Waals surface area (Å²) >= 11 is 3.46. The second-order valence-corrected chi connectivity index (χ2v) is 8.85. The number of rotatable bonds is 6. The van der Waals surface area contributed by atoms with Gasteiger partial charge in [0, 0.05) is 36.1 Å². The molecule has 1 saturated heterocycles. The van der Waals surface area contributed by atoms with Crippen LogP contribution in [0.25, 0.3) is 0 Å². The summed E-state index contributed by atoms with van der Waals surface area (Å²) in [5, 5.41) is 0. The third kappa shape index (κ3) is 6.55. The molecular weight excluding hydrogens is 446 g/mol. The van der Waals surface area contributed by atoms with Crippen molar-refractivity contribution >= 4 is 15.9 Å². The van der Waals surface area contributed by atoms with Crippen LogP contribution < -0.4 is 0 Å². The number of halogens is 1. The van der Waals surface area contributed by atoms with Crippen LogP contribution in [0.5, 0.6) is 0 Å². The molecule has 1 heterocycles. The second-order valence-electron chi connectivity index (χ2n) is 7.94. The first-order valence-electron chi connectivity index (χ1n) is 11.0. The van der Waals surface area contributed by atoms with E-state index < -0.39 is 0 Å². The van der Waals surface area contributed by atoms with E-state index in [1.54, 1.807) is 0 Å². The Bertz CT molecular complexity index is 944. The summed E-state index contributed by atoms with van der Waals surface area (Å²) in [6, 6.07) is 29.3. The summed E-state index contributed by atoms with van der Waals surface area (Å²) in [4.78, 5) is 2.51. The predicted octanol–water partition coefficient (Wildman–Crippen LogP) is 6.46. The van der Waals surface area contributed by atoms with Crippen LogP contribution in [0.1, 0.15) is 42.1 Å². The molecule has 3 aromatic rings. The number of hydrogen-bond donors (Lipinski definition) is 0. The molecule has 1 aliphatic rings. The third-order valence-electron chi connectivity index (χ3n) is 5.70. The molecule has 0 amide bonds. The minimum absolute atomic E-state index is 0.00396. The Morgan fingerprint density at radius 2 is 1.42 bits per heavy atom. The number of piperidine rings is 1. The van der Waals surface area contributed by atoms with Crippen molar-refractivity contribution in [2.45, 2.75) is 31.5 Å². The van der Waals surface area contributed by atoms with Gasteiger partial charge in [0.25, 0.3) is 0 Å². The molecule has 31 heavy (non-hydrogen) atoms. The van der Waals surface area contributed by atoms with Gasteiger partial charge in [-0.2, -0.15) is 0 Å². The Hall–Kier alpha value is -2.38. The van der Waals surface area contributed by atoms with Crippen molar-refractivity contribution < 1.29 is 4.74 Å². The van der Waals surface area contributed by atoms with Crippen LogP contribution in [0.15, 0.2) is 89.4 Å². The zero-order valence-corrected chi connectivity index (χ0v) is 19.3. The molecule has 0 atom stereocenters. The summed E-state index contributed by atoms with van der Waals surface area (Å²) in [6.07, 6.45) is 3.32. The average Bonchev–Trinajstić information content (AvgIpc) is 2.83. The number of ether oxygens (including phenoxy) is 1. The fourth-order valence-electron chi connectivity index (χ4n) is 3.98. The minimum Gasteiger partial charge on any atom is -0.365 e. The van der Waals surface area contributed by atoms with Crippen molar-refractivity contribution in [3.63, 3.8) is 0 Å². The van der Waals surface area contributed by atoms with Gasteiger partial charge < -0.3 is 9.64 Å². The summed E-state index contributed by atoms with van der Waals surface area (Å²) in [5.74, 6) is 6.58. The van der Waals surface area contributed by atoms with Crippen LogP contribution in [0.4, 0.5) is 0 Å². The van der Waals surface area contributed by atoms with Gasteiger partial charge in [0.1, 0.15) is 6.10 Å². The van der Waals surface area contributed by atoms with E-state index >= 15 is 0 Å². The van der Waals surface area contributed by atoms with Gasteiger partial charge in [0.05, 0.1) is 6.10 Å². The Balaban J connectivity index is 1.28. The molecule has 0 spiro atoms. The maximum Gasteiger partial charge on any atom is 0.108 e. The van der Waals surface area contributed by atoms with Crippen LogP contribution >= 0.6 is 15.9 Å². The lowest BCUT2D eigenvalue weighted by molar-refractivity contribution is -0.0266. The quantitative estimate of drug-likeness (QED) is 0.380. The van der Waals surface area contributed by atoms with Crippen molar-refractivity contribution in [2.24, 2.45) is 0 Å². The van der Waals surface area contributed by atoms with Gasteiger partial charge in [-0.3, -0.25) is 0 Å². The lowest BCUT2D eigenvalue weighted by Crippen LogP contribution is -2.38. The normalized spacial score (nSPS) is 14.9. The molecule has 158 valence electrons. The first kappa shape index (κ1) is 21.8. The summed E-state index contributed by atoms with van der Waals surface area (Å²) in [5.41, 5.74) is 3.52. The molecule has 0 N–H and O–H groups in total. The van der Waals surface area contributed by atoms with Crippen molar-refractivity contribution in [3.8, 4) is 11.8 Å².